The summed E-state index contributed by atoms with van der Waals surface area (Å²) in [6.45, 7) is 0. The molecule has 0 radical (unpaired) electrons. The van der Waals surface area contributed by atoms with Crippen LogP contribution in [0.25, 0.3) is 0 Å². The Morgan fingerprint density at radius 3 is 2.36 bits per heavy atom. The number of alkyl halides is 4. The lowest BCUT2D eigenvalue weighted by Gasteiger charge is -1.96. The first kappa shape index (κ1) is 8.32. The minimum atomic E-state index is -4.50. The van der Waals surface area contributed by atoms with E-state index in [0.29, 0.717) is 0 Å². The minimum Gasteiger partial charge on any atom is -0.262 e. The van der Waals surface area contributed by atoms with Gasteiger partial charge < -0.3 is 0 Å². The molecule has 0 atom stereocenters. The van der Waals surface area contributed by atoms with Crippen molar-refractivity contribution < 1.29 is 13.2 Å². The molecule has 1 N–H and O–H groups in total. The zero-order valence-corrected chi connectivity index (χ0v) is 5.87. The SMILES string of the molecule is FC(F)(F)c1n[nH]c(CCl)n1. The molecule has 1 rings (SSSR count). The Bertz CT molecular complexity index is 243. The first-order valence-electron chi connectivity index (χ1n) is 2.58. The predicted molar refractivity (Wildman–Crippen MR) is 30.9 cm³/mol. The zero-order chi connectivity index (χ0) is 8.48. The average Bonchev–Trinajstić information content (AvgIpc) is 2.32. The molecule has 0 saturated carbocycles. The second kappa shape index (κ2) is 2.69. The Morgan fingerprint density at radius 2 is 2.09 bits per heavy atom. The molecule has 0 unspecified atom stereocenters. The van der Waals surface area contributed by atoms with Crippen LogP contribution in [0.3, 0.4) is 0 Å². The number of nitrogens with one attached hydrogen (secondary N) is 1. The molecule has 1 aromatic rings. The monoisotopic (exact) mass is 185 g/mol. The molecule has 11 heavy (non-hydrogen) atoms. The molecule has 1 heterocycles. The molecule has 62 valence electrons. The first-order valence-corrected chi connectivity index (χ1v) is 3.12. The molecule has 0 saturated heterocycles. The van der Waals surface area contributed by atoms with E-state index in [1.165, 1.54) is 0 Å². The van der Waals surface area contributed by atoms with Crippen molar-refractivity contribution in [2.75, 3.05) is 0 Å². The second-order valence-corrected chi connectivity index (χ2v) is 2.00. The van der Waals surface area contributed by atoms with E-state index in [0.717, 1.165) is 0 Å². The summed E-state index contributed by atoms with van der Waals surface area (Å²) < 4.78 is 35.2. The van der Waals surface area contributed by atoms with Crippen LogP contribution in [0.1, 0.15) is 11.6 Å². The van der Waals surface area contributed by atoms with Crippen LogP contribution in [-0.4, -0.2) is 15.2 Å². The molecule has 0 amide bonds. The molecule has 0 fully saturated rings. The highest BCUT2D eigenvalue weighted by Crippen LogP contribution is 2.25. The Morgan fingerprint density at radius 1 is 1.45 bits per heavy atom. The number of hydrogen-bond donors (Lipinski definition) is 1. The van der Waals surface area contributed by atoms with E-state index < -0.39 is 12.0 Å². The molecule has 0 aliphatic heterocycles. The fourth-order valence-electron chi connectivity index (χ4n) is 0.482. The van der Waals surface area contributed by atoms with Crippen molar-refractivity contribution in [1.82, 2.24) is 15.2 Å². The summed E-state index contributed by atoms with van der Waals surface area (Å²) in [4.78, 5) is 3.08. The Labute approximate surface area is 64.6 Å². The second-order valence-electron chi connectivity index (χ2n) is 1.74. The van der Waals surface area contributed by atoms with Gasteiger partial charge in [-0.05, 0) is 0 Å². The van der Waals surface area contributed by atoms with Crippen molar-refractivity contribution >= 4 is 11.6 Å². The van der Waals surface area contributed by atoms with Crippen molar-refractivity contribution in [3.63, 3.8) is 0 Å². The van der Waals surface area contributed by atoms with Crippen LogP contribution >= 0.6 is 11.6 Å². The van der Waals surface area contributed by atoms with E-state index in [4.69, 9.17) is 11.6 Å². The first-order chi connectivity index (χ1) is 5.04. The number of H-pyrrole nitrogens is 1. The topological polar surface area (TPSA) is 41.6 Å². The van der Waals surface area contributed by atoms with Gasteiger partial charge in [0.1, 0.15) is 5.82 Å². The fourth-order valence-corrected chi connectivity index (χ4v) is 0.601. The lowest BCUT2D eigenvalue weighted by molar-refractivity contribution is -0.144. The normalized spacial score (nSPS) is 12.0. The van der Waals surface area contributed by atoms with E-state index in [-0.39, 0.29) is 11.7 Å². The summed E-state index contributed by atoms with van der Waals surface area (Å²) in [7, 11) is 0. The summed E-state index contributed by atoms with van der Waals surface area (Å²) in [5.41, 5.74) is 0. The van der Waals surface area contributed by atoms with Gasteiger partial charge in [-0.2, -0.15) is 13.2 Å². The minimum absolute atomic E-state index is 0.0130. The third-order valence-electron chi connectivity index (χ3n) is 0.912. The van der Waals surface area contributed by atoms with Crippen LogP contribution in [0.15, 0.2) is 0 Å². The van der Waals surface area contributed by atoms with Gasteiger partial charge in [0.15, 0.2) is 0 Å². The third kappa shape index (κ3) is 1.83. The molecule has 0 spiro atoms. The molecule has 0 aromatic carbocycles. The number of nitrogens with zero attached hydrogens (tertiary/aromatic N) is 2. The zero-order valence-electron chi connectivity index (χ0n) is 5.11. The standard InChI is InChI=1S/C4H3ClF3N3/c5-1-2-9-3(11-10-2)4(6,7)8/h1H2,(H,9,10,11). The van der Waals surface area contributed by atoms with Crippen molar-refractivity contribution in [3.05, 3.63) is 11.6 Å². The average molecular weight is 186 g/mol. The van der Waals surface area contributed by atoms with Gasteiger partial charge in [-0.25, -0.2) is 4.98 Å². The number of hydrogen-bond acceptors (Lipinski definition) is 2. The summed E-state index contributed by atoms with van der Waals surface area (Å²) in [5, 5.41) is 4.96. The van der Waals surface area contributed by atoms with Gasteiger partial charge in [-0.3, -0.25) is 5.10 Å². The van der Waals surface area contributed by atoms with Gasteiger partial charge in [0, 0.05) is 0 Å². The van der Waals surface area contributed by atoms with Crippen molar-refractivity contribution in [1.29, 1.82) is 0 Å². The Hall–Kier alpha value is -0.780. The molecular formula is C4H3ClF3N3. The van der Waals surface area contributed by atoms with Crippen molar-refractivity contribution in [2.45, 2.75) is 12.1 Å². The van der Waals surface area contributed by atoms with Gasteiger partial charge in [-0.1, -0.05) is 0 Å². The summed E-state index contributed by atoms with van der Waals surface area (Å²) in [6.07, 6.45) is -4.50. The number of aromatic amines is 1. The molecule has 0 aliphatic rings. The largest absolute Gasteiger partial charge is 0.453 e. The van der Waals surface area contributed by atoms with Crippen LogP contribution < -0.4 is 0 Å². The third-order valence-corrected chi connectivity index (χ3v) is 1.16. The summed E-state index contributed by atoms with van der Waals surface area (Å²) in [5.74, 6) is -1.28. The summed E-state index contributed by atoms with van der Waals surface area (Å²) in [6, 6.07) is 0. The molecule has 0 bridgehead atoms. The highest BCUT2D eigenvalue weighted by molar-refractivity contribution is 6.16. The maximum Gasteiger partial charge on any atom is 0.453 e. The molecule has 0 aliphatic carbocycles. The Balaban J connectivity index is 2.89. The van der Waals surface area contributed by atoms with Gasteiger partial charge in [0.2, 0.25) is 0 Å². The van der Waals surface area contributed by atoms with Crippen LogP contribution in [0.4, 0.5) is 13.2 Å². The van der Waals surface area contributed by atoms with Crippen LogP contribution in [0, 0.1) is 0 Å². The lowest BCUT2D eigenvalue weighted by atomic mass is 10.6. The van der Waals surface area contributed by atoms with E-state index in [9.17, 15) is 13.2 Å². The molecule has 1 aromatic heterocycles. The fraction of sp³-hybridized carbons (Fsp3) is 0.500. The maximum atomic E-state index is 11.7. The molecular weight excluding hydrogens is 183 g/mol. The van der Waals surface area contributed by atoms with E-state index >= 15 is 0 Å². The van der Waals surface area contributed by atoms with Gasteiger partial charge in [0.05, 0.1) is 5.88 Å². The van der Waals surface area contributed by atoms with Gasteiger partial charge >= 0.3 is 6.18 Å². The Kier molecular flexibility index (Phi) is 2.03. The van der Waals surface area contributed by atoms with E-state index in [2.05, 4.69) is 10.1 Å². The summed E-state index contributed by atoms with van der Waals surface area (Å²) >= 11 is 5.19. The highest BCUT2D eigenvalue weighted by atomic mass is 35.5. The van der Waals surface area contributed by atoms with Gasteiger partial charge in [0.25, 0.3) is 5.82 Å². The van der Waals surface area contributed by atoms with Gasteiger partial charge in [-0.15, -0.1) is 16.7 Å². The maximum absolute atomic E-state index is 11.7. The van der Waals surface area contributed by atoms with Crippen LogP contribution in [0.2, 0.25) is 0 Å². The molecule has 3 nitrogen and oxygen atoms in total. The highest BCUT2D eigenvalue weighted by Gasteiger charge is 2.35. The lowest BCUT2D eigenvalue weighted by Crippen LogP contribution is -2.07. The van der Waals surface area contributed by atoms with Crippen molar-refractivity contribution in [2.24, 2.45) is 0 Å². The smallest absolute Gasteiger partial charge is 0.262 e. The van der Waals surface area contributed by atoms with Crippen LogP contribution in [-0.2, 0) is 12.1 Å². The molecule has 7 heteroatoms. The van der Waals surface area contributed by atoms with Crippen LogP contribution in [0.5, 0.6) is 0 Å². The van der Waals surface area contributed by atoms with E-state index in [1.807, 2.05) is 5.10 Å². The number of halogens is 4. The number of aromatic nitrogens is 3. The quantitative estimate of drug-likeness (QED) is 0.675. The van der Waals surface area contributed by atoms with E-state index in [1.54, 1.807) is 0 Å². The van der Waals surface area contributed by atoms with Crippen molar-refractivity contribution in [3.8, 4) is 0 Å². The predicted octanol–water partition coefficient (Wildman–Crippen LogP) is 1.56. The number of rotatable bonds is 1.